The monoisotopic (exact) mass is 297 g/mol. The Bertz CT molecular complexity index is 470. The maximum Gasteiger partial charge on any atom is 0.125 e. The molecule has 0 spiro atoms. The fraction of sp³-hybridized carbons (Fsp3) is 0.167. The predicted molar refractivity (Wildman–Crippen MR) is 71.0 cm³/mol. The van der Waals surface area contributed by atoms with Gasteiger partial charge in [0.25, 0.3) is 0 Å². The molecule has 4 heteroatoms. The van der Waals surface area contributed by atoms with Gasteiger partial charge in [-0.2, -0.15) is 0 Å². The Kier molecular flexibility index (Phi) is 3.63. The molecule has 0 aliphatic rings. The lowest BCUT2D eigenvalue weighted by Gasteiger charge is -2.14. The molecule has 1 aromatic heterocycles. The lowest BCUT2D eigenvalue weighted by Crippen LogP contribution is -2.11. The Labute approximate surface area is 107 Å². The molecule has 2 rings (SSSR count). The van der Waals surface area contributed by atoms with Crippen LogP contribution in [0.2, 0.25) is 0 Å². The third-order valence-corrected chi connectivity index (χ3v) is 3.83. The van der Waals surface area contributed by atoms with Crippen LogP contribution in [0.25, 0.3) is 0 Å². The van der Waals surface area contributed by atoms with Crippen molar-refractivity contribution >= 4 is 27.3 Å². The molecule has 2 N–H and O–H groups in total. The number of hydrogen-bond donors (Lipinski definition) is 1. The van der Waals surface area contributed by atoms with Gasteiger partial charge in [-0.15, -0.1) is 11.3 Å². The molecule has 84 valence electrons. The minimum atomic E-state index is -0.122. The molecule has 0 radical (unpaired) electrons. The molecule has 0 fully saturated rings. The largest absolute Gasteiger partial charge is 0.496 e. The first-order valence-electron chi connectivity index (χ1n) is 4.85. The summed E-state index contributed by atoms with van der Waals surface area (Å²) in [5.74, 6) is 0.815. The van der Waals surface area contributed by atoms with Gasteiger partial charge < -0.3 is 10.5 Å². The van der Waals surface area contributed by atoms with Gasteiger partial charge >= 0.3 is 0 Å². The lowest BCUT2D eigenvalue weighted by molar-refractivity contribution is 0.407. The van der Waals surface area contributed by atoms with E-state index in [1.165, 1.54) is 0 Å². The average molecular weight is 298 g/mol. The number of ether oxygens (including phenoxy) is 1. The van der Waals surface area contributed by atoms with Gasteiger partial charge in [-0.3, -0.25) is 0 Å². The number of halogens is 1. The van der Waals surface area contributed by atoms with Gasteiger partial charge in [0.1, 0.15) is 5.75 Å². The summed E-state index contributed by atoms with van der Waals surface area (Å²) in [6.07, 6.45) is 0. The van der Waals surface area contributed by atoms with Gasteiger partial charge in [0.05, 0.1) is 13.2 Å². The summed E-state index contributed by atoms with van der Waals surface area (Å²) >= 11 is 5.07. The molecular weight excluding hydrogens is 286 g/mol. The molecular formula is C12H12BrNOS. The van der Waals surface area contributed by atoms with E-state index in [2.05, 4.69) is 15.9 Å². The fourth-order valence-electron chi connectivity index (χ4n) is 1.56. The van der Waals surface area contributed by atoms with Crippen molar-refractivity contribution in [1.29, 1.82) is 0 Å². The van der Waals surface area contributed by atoms with Crippen LogP contribution >= 0.6 is 27.3 Å². The molecule has 0 saturated heterocycles. The van der Waals surface area contributed by atoms with Crippen molar-refractivity contribution < 1.29 is 4.74 Å². The van der Waals surface area contributed by atoms with E-state index in [-0.39, 0.29) is 6.04 Å². The van der Waals surface area contributed by atoms with Crippen molar-refractivity contribution in [2.75, 3.05) is 7.11 Å². The van der Waals surface area contributed by atoms with E-state index in [1.54, 1.807) is 18.4 Å². The zero-order valence-corrected chi connectivity index (χ0v) is 11.2. The van der Waals surface area contributed by atoms with Crippen LogP contribution in [0.1, 0.15) is 16.5 Å². The zero-order chi connectivity index (χ0) is 11.5. The minimum Gasteiger partial charge on any atom is -0.496 e. The van der Waals surface area contributed by atoms with Crippen LogP contribution in [-0.2, 0) is 0 Å². The molecule has 0 unspecified atom stereocenters. The maximum atomic E-state index is 6.20. The Morgan fingerprint density at radius 1 is 1.38 bits per heavy atom. The highest BCUT2D eigenvalue weighted by Gasteiger charge is 2.14. The summed E-state index contributed by atoms with van der Waals surface area (Å²) < 4.78 is 6.33. The Hall–Kier alpha value is -0.840. The third kappa shape index (κ3) is 2.29. The summed E-state index contributed by atoms with van der Waals surface area (Å²) in [4.78, 5) is 1.14. The van der Waals surface area contributed by atoms with Crippen molar-refractivity contribution in [3.8, 4) is 5.75 Å². The zero-order valence-electron chi connectivity index (χ0n) is 8.81. The van der Waals surface area contributed by atoms with Crippen molar-refractivity contribution in [2.24, 2.45) is 5.73 Å². The SMILES string of the molecule is COc1cc(Br)ccc1[C@@H](N)c1cccs1. The number of methoxy groups -OCH3 is 1. The number of nitrogens with two attached hydrogens (primary N) is 1. The molecule has 16 heavy (non-hydrogen) atoms. The second-order valence-corrected chi connectivity index (χ2v) is 5.27. The summed E-state index contributed by atoms with van der Waals surface area (Å²) in [6.45, 7) is 0. The van der Waals surface area contributed by atoms with Gasteiger partial charge in [0, 0.05) is 14.9 Å². The highest BCUT2D eigenvalue weighted by atomic mass is 79.9. The first-order chi connectivity index (χ1) is 7.72. The summed E-state index contributed by atoms with van der Waals surface area (Å²) in [5.41, 5.74) is 7.21. The topological polar surface area (TPSA) is 35.2 Å². The number of hydrogen-bond acceptors (Lipinski definition) is 3. The third-order valence-electron chi connectivity index (χ3n) is 2.38. The van der Waals surface area contributed by atoms with E-state index >= 15 is 0 Å². The van der Waals surface area contributed by atoms with Gasteiger partial charge in [-0.05, 0) is 23.6 Å². The quantitative estimate of drug-likeness (QED) is 0.940. The van der Waals surface area contributed by atoms with Gasteiger partial charge in [0.15, 0.2) is 0 Å². The van der Waals surface area contributed by atoms with Gasteiger partial charge in [-0.1, -0.05) is 28.1 Å². The van der Waals surface area contributed by atoms with E-state index < -0.39 is 0 Å². The first-order valence-corrected chi connectivity index (χ1v) is 6.52. The Morgan fingerprint density at radius 2 is 2.19 bits per heavy atom. The molecule has 1 heterocycles. The predicted octanol–water partition coefficient (Wildman–Crippen LogP) is 3.57. The smallest absolute Gasteiger partial charge is 0.125 e. The van der Waals surface area contributed by atoms with Gasteiger partial charge in [0.2, 0.25) is 0 Å². The van der Waals surface area contributed by atoms with Crippen LogP contribution in [0.15, 0.2) is 40.2 Å². The second-order valence-electron chi connectivity index (χ2n) is 3.38. The van der Waals surface area contributed by atoms with Crippen LogP contribution < -0.4 is 10.5 Å². The fourth-order valence-corrected chi connectivity index (χ4v) is 2.65. The maximum absolute atomic E-state index is 6.20. The highest BCUT2D eigenvalue weighted by Crippen LogP contribution is 2.32. The van der Waals surface area contributed by atoms with E-state index in [4.69, 9.17) is 10.5 Å². The molecule has 0 amide bonds. The van der Waals surface area contributed by atoms with E-state index in [0.29, 0.717) is 0 Å². The molecule has 1 aromatic carbocycles. The van der Waals surface area contributed by atoms with Crippen LogP contribution in [-0.4, -0.2) is 7.11 Å². The van der Waals surface area contributed by atoms with Crippen molar-refractivity contribution in [1.82, 2.24) is 0 Å². The molecule has 0 aliphatic heterocycles. The van der Waals surface area contributed by atoms with Crippen molar-refractivity contribution in [2.45, 2.75) is 6.04 Å². The van der Waals surface area contributed by atoms with Crippen LogP contribution in [0.3, 0.4) is 0 Å². The second kappa shape index (κ2) is 4.99. The molecule has 0 saturated carbocycles. The average Bonchev–Trinajstić information content (AvgIpc) is 2.81. The molecule has 0 bridgehead atoms. The van der Waals surface area contributed by atoms with E-state index in [9.17, 15) is 0 Å². The standard InChI is InChI=1S/C12H12BrNOS/c1-15-10-7-8(13)4-5-9(10)12(14)11-3-2-6-16-11/h2-7,12H,14H2,1H3/t12-/m1/s1. The number of rotatable bonds is 3. The Morgan fingerprint density at radius 3 is 2.81 bits per heavy atom. The molecule has 2 aromatic rings. The number of benzene rings is 1. The molecule has 2 nitrogen and oxygen atoms in total. The minimum absolute atomic E-state index is 0.122. The Balaban J connectivity index is 2.40. The first kappa shape index (κ1) is 11.6. The van der Waals surface area contributed by atoms with Crippen LogP contribution in [0, 0.1) is 0 Å². The molecule has 0 aliphatic carbocycles. The van der Waals surface area contributed by atoms with Gasteiger partial charge in [-0.25, -0.2) is 0 Å². The summed E-state index contributed by atoms with van der Waals surface area (Å²) in [7, 11) is 1.66. The normalized spacial score (nSPS) is 12.4. The van der Waals surface area contributed by atoms with Crippen molar-refractivity contribution in [3.63, 3.8) is 0 Å². The lowest BCUT2D eigenvalue weighted by atomic mass is 10.1. The number of thiophene rings is 1. The van der Waals surface area contributed by atoms with Crippen LogP contribution in [0.4, 0.5) is 0 Å². The summed E-state index contributed by atoms with van der Waals surface area (Å²) in [6, 6.07) is 9.83. The van der Waals surface area contributed by atoms with Crippen molar-refractivity contribution in [3.05, 3.63) is 50.6 Å². The summed E-state index contributed by atoms with van der Waals surface area (Å²) in [5, 5.41) is 2.03. The van der Waals surface area contributed by atoms with E-state index in [1.807, 2.05) is 35.7 Å². The van der Waals surface area contributed by atoms with Crippen LogP contribution in [0.5, 0.6) is 5.75 Å². The highest BCUT2D eigenvalue weighted by molar-refractivity contribution is 9.10. The van der Waals surface area contributed by atoms with E-state index in [0.717, 1.165) is 20.7 Å². The molecule has 1 atom stereocenters.